The van der Waals surface area contributed by atoms with E-state index in [1.807, 2.05) is 36.4 Å². The van der Waals surface area contributed by atoms with E-state index >= 15 is 0 Å². The highest BCUT2D eigenvalue weighted by molar-refractivity contribution is 8.18. The van der Waals surface area contributed by atoms with Gasteiger partial charge in [0, 0.05) is 6.54 Å². The predicted octanol–water partition coefficient (Wildman–Crippen LogP) is 3.30. The maximum Gasteiger partial charge on any atom is 0.293 e. The molecule has 18 heavy (non-hydrogen) atoms. The maximum absolute atomic E-state index is 11.8. The molecule has 0 spiro atoms. The molecule has 0 saturated carbocycles. The Morgan fingerprint density at radius 3 is 2.56 bits per heavy atom. The van der Waals surface area contributed by atoms with Crippen LogP contribution in [-0.2, 0) is 4.79 Å². The van der Waals surface area contributed by atoms with Gasteiger partial charge in [0.25, 0.3) is 11.1 Å². The van der Waals surface area contributed by atoms with E-state index in [9.17, 15) is 9.59 Å². The van der Waals surface area contributed by atoms with Gasteiger partial charge < -0.3 is 0 Å². The molecule has 0 radical (unpaired) electrons. The molecule has 1 fully saturated rings. The minimum Gasteiger partial charge on any atom is -0.269 e. The first-order chi connectivity index (χ1) is 8.72. The van der Waals surface area contributed by atoms with Crippen LogP contribution in [0.15, 0.2) is 47.4 Å². The van der Waals surface area contributed by atoms with E-state index in [1.54, 1.807) is 19.1 Å². The van der Waals surface area contributed by atoms with Crippen molar-refractivity contribution < 1.29 is 9.59 Å². The van der Waals surface area contributed by atoms with E-state index < -0.39 is 0 Å². The molecule has 1 aromatic rings. The Kier molecular flexibility index (Phi) is 3.99. The molecule has 1 saturated heterocycles. The van der Waals surface area contributed by atoms with Crippen molar-refractivity contribution in [1.29, 1.82) is 0 Å². The molecule has 4 heteroatoms. The summed E-state index contributed by atoms with van der Waals surface area (Å²) in [5.74, 6) is -0.204. The van der Waals surface area contributed by atoms with Crippen molar-refractivity contribution in [2.45, 2.75) is 6.92 Å². The second-order valence-electron chi connectivity index (χ2n) is 3.72. The van der Waals surface area contributed by atoms with Crippen LogP contribution < -0.4 is 0 Å². The summed E-state index contributed by atoms with van der Waals surface area (Å²) in [7, 11) is 0. The third-order valence-electron chi connectivity index (χ3n) is 2.53. The quantitative estimate of drug-likeness (QED) is 0.782. The largest absolute Gasteiger partial charge is 0.293 e. The first kappa shape index (κ1) is 12.6. The molecule has 2 amide bonds. The number of hydrogen-bond donors (Lipinski definition) is 0. The molecule has 2 rings (SSSR count). The van der Waals surface area contributed by atoms with Crippen molar-refractivity contribution in [3.8, 4) is 0 Å². The topological polar surface area (TPSA) is 37.4 Å². The Bertz CT molecular complexity index is 520. The lowest BCUT2D eigenvalue weighted by Crippen LogP contribution is -2.27. The SMILES string of the molecule is CCN1C(=O)S/C(=C/C=C/c2ccccc2)C1=O. The van der Waals surface area contributed by atoms with E-state index in [0.29, 0.717) is 11.4 Å². The molecular weight excluding hydrogens is 246 g/mol. The summed E-state index contributed by atoms with van der Waals surface area (Å²) in [4.78, 5) is 25.0. The summed E-state index contributed by atoms with van der Waals surface area (Å²) in [6.45, 7) is 2.21. The average Bonchev–Trinajstić information content (AvgIpc) is 2.65. The molecule has 1 aromatic carbocycles. The van der Waals surface area contributed by atoms with Crippen molar-refractivity contribution in [1.82, 2.24) is 4.90 Å². The van der Waals surface area contributed by atoms with Crippen molar-refractivity contribution in [2.24, 2.45) is 0 Å². The molecule has 0 atom stereocenters. The average molecular weight is 259 g/mol. The van der Waals surface area contributed by atoms with E-state index in [1.165, 1.54) is 4.90 Å². The minimum atomic E-state index is -0.204. The van der Waals surface area contributed by atoms with Gasteiger partial charge in [0.1, 0.15) is 0 Å². The number of carbonyl (C=O) groups excluding carboxylic acids is 2. The van der Waals surface area contributed by atoms with Crippen LogP contribution in [-0.4, -0.2) is 22.6 Å². The van der Waals surface area contributed by atoms with Gasteiger partial charge in [-0.3, -0.25) is 14.5 Å². The molecule has 1 aliphatic heterocycles. The fourth-order valence-corrected chi connectivity index (χ4v) is 2.45. The second-order valence-corrected chi connectivity index (χ2v) is 4.71. The van der Waals surface area contributed by atoms with Gasteiger partial charge in [0.2, 0.25) is 0 Å². The zero-order valence-corrected chi connectivity index (χ0v) is 10.8. The lowest BCUT2D eigenvalue weighted by Gasteiger charge is -2.06. The fourth-order valence-electron chi connectivity index (χ4n) is 1.60. The van der Waals surface area contributed by atoms with Crippen LogP contribution >= 0.6 is 11.8 Å². The van der Waals surface area contributed by atoms with Gasteiger partial charge in [-0.15, -0.1) is 0 Å². The predicted molar refractivity (Wildman–Crippen MR) is 73.9 cm³/mol. The van der Waals surface area contributed by atoms with Crippen molar-refractivity contribution in [3.63, 3.8) is 0 Å². The lowest BCUT2D eigenvalue weighted by atomic mass is 10.2. The van der Waals surface area contributed by atoms with Gasteiger partial charge in [-0.05, 0) is 30.3 Å². The Labute approximate surface area is 110 Å². The standard InChI is InChI=1S/C14H13NO2S/c1-2-15-13(16)12(18-14(15)17)10-6-9-11-7-4-3-5-8-11/h3-10H,2H2,1H3/b9-6+,12-10+. The Morgan fingerprint density at radius 1 is 1.22 bits per heavy atom. The highest BCUT2D eigenvalue weighted by Crippen LogP contribution is 2.30. The van der Waals surface area contributed by atoms with Crippen molar-refractivity contribution >= 4 is 29.0 Å². The van der Waals surface area contributed by atoms with Crippen LogP contribution in [0.3, 0.4) is 0 Å². The number of rotatable bonds is 3. The van der Waals surface area contributed by atoms with E-state index in [-0.39, 0.29) is 11.1 Å². The zero-order valence-electron chi connectivity index (χ0n) is 10.00. The lowest BCUT2D eigenvalue weighted by molar-refractivity contribution is -0.122. The van der Waals surface area contributed by atoms with Crippen LogP contribution in [0, 0.1) is 0 Å². The number of amides is 2. The number of carbonyl (C=O) groups is 2. The minimum absolute atomic E-state index is 0.193. The first-order valence-corrected chi connectivity index (χ1v) is 6.51. The number of nitrogens with zero attached hydrogens (tertiary/aromatic N) is 1. The van der Waals surface area contributed by atoms with Gasteiger partial charge in [-0.25, -0.2) is 0 Å². The number of likely N-dealkylation sites (N-methyl/N-ethyl adjacent to an activating group) is 1. The molecule has 1 heterocycles. The van der Waals surface area contributed by atoms with Gasteiger partial charge in [0.05, 0.1) is 4.91 Å². The highest BCUT2D eigenvalue weighted by atomic mass is 32.2. The van der Waals surface area contributed by atoms with Crippen LogP contribution in [0.25, 0.3) is 6.08 Å². The number of hydrogen-bond acceptors (Lipinski definition) is 3. The molecule has 0 aromatic heterocycles. The zero-order chi connectivity index (χ0) is 13.0. The molecule has 0 unspecified atom stereocenters. The third-order valence-corrected chi connectivity index (χ3v) is 3.45. The van der Waals surface area contributed by atoms with Crippen LogP contribution in [0.2, 0.25) is 0 Å². The molecular formula is C14H13NO2S. The van der Waals surface area contributed by atoms with Gasteiger partial charge in [0.15, 0.2) is 0 Å². The highest BCUT2D eigenvalue weighted by Gasteiger charge is 2.33. The Hall–Kier alpha value is -1.81. The second kappa shape index (κ2) is 5.69. The monoisotopic (exact) mass is 259 g/mol. The number of imide groups is 1. The number of thioether (sulfide) groups is 1. The van der Waals surface area contributed by atoms with Crippen LogP contribution in [0.1, 0.15) is 12.5 Å². The molecule has 0 bridgehead atoms. The third kappa shape index (κ3) is 2.71. The van der Waals surface area contributed by atoms with Gasteiger partial charge in [-0.1, -0.05) is 42.5 Å². The van der Waals surface area contributed by atoms with Gasteiger partial charge in [-0.2, -0.15) is 0 Å². The first-order valence-electron chi connectivity index (χ1n) is 5.69. The summed E-state index contributed by atoms with van der Waals surface area (Å²) >= 11 is 0.989. The molecule has 92 valence electrons. The van der Waals surface area contributed by atoms with Crippen LogP contribution in [0.5, 0.6) is 0 Å². The Balaban J connectivity index is 2.09. The maximum atomic E-state index is 11.8. The summed E-state index contributed by atoms with van der Waals surface area (Å²) in [6, 6.07) is 9.80. The number of benzene rings is 1. The summed E-state index contributed by atoms with van der Waals surface area (Å²) < 4.78 is 0. The molecule has 0 N–H and O–H groups in total. The molecule has 0 aliphatic carbocycles. The van der Waals surface area contributed by atoms with Crippen molar-refractivity contribution in [2.75, 3.05) is 6.54 Å². The van der Waals surface area contributed by atoms with Crippen LogP contribution in [0.4, 0.5) is 4.79 Å². The summed E-state index contributed by atoms with van der Waals surface area (Å²) in [5.41, 5.74) is 1.06. The fraction of sp³-hybridized carbons (Fsp3) is 0.143. The Morgan fingerprint density at radius 2 is 1.94 bits per heavy atom. The van der Waals surface area contributed by atoms with E-state index in [2.05, 4.69) is 0 Å². The van der Waals surface area contributed by atoms with Gasteiger partial charge >= 0.3 is 0 Å². The summed E-state index contributed by atoms with van der Waals surface area (Å²) in [6.07, 6.45) is 5.38. The number of allylic oxidation sites excluding steroid dienone is 2. The smallest absolute Gasteiger partial charge is 0.269 e. The molecule has 1 aliphatic rings. The van der Waals surface area contributed by atoms with E-state index in [4.69, 9.17) is 0 Å². The summed E-state index contributed by atoms with van der Waals surface area (Å²) in [5, 5.41) is -0.193. The molecule has 3 nitrogen and oxygen atoms in total. The van der Waals surface area contributed by atoms with E-state index in [0.717, 1.165) is 17.3 Å². The van der Waals surface area contributed by atoms with Crippen molar-refractivity contribution in [3.05, 3.63) is 53.0 Å². The normalized spacial score (nSPS) is 18.3.